The normalized spacial score (nSPS) is 16.2. The van der Waals surface area contributed by atoms with Crippen molar-refractivity contribution in [1.82, 2.24) is 0 Å². The topological polar surface area (TPSA) is 60.2 Å². The summed E-state index contributed by atoms with van der Waals surface area (Å²) in [7, 11) is 0. The maximum atomic E-state index is 11.4. The Hall–Kier alpha value is -1.64. The number of carbonyl (C=O) groups excluding carboxylic acids is 2. The summed E-state index contributed by atoms with van der Waals surface area (Å²) in [5.74, 6) is -0.423. The molecule has 0 bridgehead atoms. The monoisotopic (exact) mass is 203 g/mol. The molecule has 1 aromatic carbocycles. The molecule has 0 aliphatic heterocycles. The summed E-state index contributed by atoms with van der Waals surface area (Å²) in [4.78, 5) is 22.4. The molecule has 0 radical (unpaired) electrons. The third-order valence-corrected chi connectivity index (χ3v) is 2.98. The first-order chi connectivity index (χ1) is 7.09. The van der Waals surface area contributed by atoms with E-state index in [0.29, 0.717) is 6.42 Å². The van der Waals surface area contributed by atoms with Crippen LogP contribution in [-0.2, 0) is 11.2 Å². The summed E-state index contributed by atoms with van der Waals surface area (Å²) in [6.45, 7) is 1.78. The number of rotatable bonds is 2. The summed E-state index contributed by atoms with van der Waals surface area (Å²) in [6.07, 6.45) is 1.37. The molecule has 0 saturated heterocycles. The van der Waals surface area contributed by atoms with Gasteiger partial charge in [0, 0.05) is 12.0 Å². The van der Waals surface area contributed by atoms with Crippen LogP contribution in [0.15, 0.2) is 18.2 Å². The van der Waals surface area contributed by atoms with Gasteiger partial charge in [-0.3, -0.25) is 9.59 Å². The fraction of sp³-hybridized carbons (Fsp3) is 0.333. The predicted molar refractivity (Wildman–Crippen MR) is 56.7 cm³/mol. The molecular weight excluding hydrogens is 190 g/mol. The van der Waals surface area contributed by atoms with Gasteiger partial charge in [-0.1, -0.05) is 18.2 Å². The molecule has 3 heteroatoms. The van der Waals surface area contributed by atoms with Crippen LogP contribution in [0.2, 0.25) is 0 Å². The van der Waals surface area contributed by atoms with Crippen molar-refractivity contribution in [3.8, 4) is 0 Å². The molecule has 1 aromatic rings. The average Bonchev–Trinajstić information content (AvgIpc) is 2.59. The van der Waals surface area contributed by atoms with E-state index in [2.05, 4.69) is 0 Å². The molecule has 0 fully saturated rings. The highest BCUT2D eigenvalue weighted by Crippen LogP contribution is 2.25. The summed E-state index contributed by atoms with van der Waals surface area (Å²) in [5, 5.41) is 0. The first-order valence-electron chi connectivity index (χ1n) is 5.05. The predicted octanol–water partition coefficient (Wildman–Crippen LogP) is 1.40. The van der Waals surface area contributed by atoms with Gasteiger partial charge in [0.2, 0.25) is 5.91 Å². The second kappa shape index (κ2) is 3.50. The number of nitrogens with two attached hydrogens (primary N) is 1. The first kappa shape index (κ1) is 9.90. The fourth-order valence-corrected chi connectivity index (χ4v) is 1.91. The molecule has 1 amide bonds. The van der Waals surface area contributed by atoms with Crippen molar-refractivity contribution in [2.45, 2.75) is 25.7 Å². The second-order valence-electron chi connectivity index (χ2n) is 3.96. The largest absolute Gasteiger partial charge is 0.369 e. The number of hydrogen-bond acceptors (Lipinski definition) is 2. The minimum atomic E-state index is -0.334. The highest BCUT2D eigenvalue weighted by Gasteiger charge is 2.21. The number of amides is 1. The second-order valence-corrected chi connectivity index (χ2v) is 3.96. The number of ketones is 1. The van der Waals surface area contributed by atoms with Crippen LogP contribution in [0.3, 0.4) is 0 Å². The van der Waals surface area contributed by atoms with Gasteiger partial charge in [0.05, 0.1) is 5.92 Å². The number of fused-ring (bicyclic) bond motifs is 1. The Morgan fingerprint density at radius 2 is 2.13 bits per heavy atom. The van der Waals surface area contributed by atoms with Crippen LogP contribution in [0.1, 0.15) is 40.7 Å². The van der Waals surface area contributed by atoms with Crippen LogP contribution in [0.4, 0.5) is 0 Å². The minimum absolute atomic E-state index is 0.197. The van der Waals surface area contributed by atoms with Crippen LogP contribution in [0, 0.1) is 0 Å². The van der Waals surface area contributed by atoms with Crippen LogP contribution in [-0.4, -0.2) is 11.7 Å². The lowest BCUT2D eigenvalue weighted by atomic mass is 9.96. The van der Waals surface area contributed by atoms with Crippen molar-refractivity contribution in [3.05, 3.63) is 34.9 Å². The molecule has 1 unspecified atom stereocenters. The Labute approximate surface area is 88.3 Å². The average molecular weight is 203 g/mol. The van der Waals surface area contributed by atoms with E-state index in [-0.39, 0.29) is 17.6 Å². The zero-order chi connectivity index (χ0) is 11.0. The Bertz CT molecular complexity index is 437. The van der Waals surface area contributed by atoms with Gasteiger partial charge >= 0.3 is 0 Å². The van der Waals surface area contributed by atoms with E-state index in [1.54, 1.807) is 13.0 Å². The Balaban J connectivity index is 2.39. The van der Waals surface area contributed by atoms with Crippen LogP contribution in [0.5, 0.6) is 0 Å². The molecule has 1 aliphatic rings. The van der Waals surface area contributed by atoms with Crippen molar-refractivity contribution in [1.29, 1.82) is 0 Å². The molecule has 3 nitrogen and oxygen atoms in total. The highest BCUT2D eigenvalue weighted by molar-refractivity contribution is 6.00. The van der Waals surface area contributed by atoms with Crippen molar-refractivity contribution in [3.63, 3.8) is 0 Å². The Morgan fingerprint density at radius 1 is 1.40 bits per heavy atom. The third kappa shape index (κ3) is 1.65. The lowest BCUT2D eigenvalue weighted by Crippen LogP contribution is -2.18. The molecule has 0 spiro atoms. The van der Waals surface area contributed by atoms with Crippen molar-refractivity contribution in [2.24, 2.45) is 5.73 Å². The van der Waals surface area contributed by atoms with Crippen LogP contribution >= 0.6 is 0 Å². The van der Waals surface area contributed by atoms with Gasteiger partial charge in [-0.05, 0) is 24.5 Å². The quantitative estimate of drug-likeness (QED) is 0.789. The maximum Gasteiger partial charge on any atom is 0.224 e. The number of carbonyl (C=O) groups is 2. The summed E-state index contributed by atoms with van der Waals surface area (Å²) in [6, 6.07) is 5.55. The molecule has 0 saturated carbocycles. The zero-order valence-corrected chi connectivity index (χ0v) is 8.62. The third-order valence-electron chi connectivity index (χ3n) is 2.98. The number of primary amides is 1. The van der Waals surface area contributed by atoms with Crippen LogP contribution in [0.25, 0.3) is 0 Å². The molecular formula is C12H13NO2. The van der Waals surface area contributed by atoms with E-state index in [1.807, 2.05) is 12.1 Å². The van der Waals surface area contributed by atoms with E-state index in [9.17, 15) is 9.59 Å². The lowest BCUT2D eigenvalue weighted by Gasteiger charge is -2.08. The van der Waals surface area contributed by atoms with Gasteiger partial charge in [0.15, 0.2) is 5.78 Å². The molecule has 0 heterocycles. The van der Waals surface area contributed by atoms with E-state index in [1.165, 1.54) is 0 Å². The Morgan fingerprint density at radius 3 is 2.80 bits per heavy atom. The molecule has 78 valence electrons. The van der Waals surface area contributed by atoms with Crippen molar-refractivity contribution in [2.75, 3.05) is 0 Å². The van der Waals surface area contributed by atoms with Crippen molar-refractivity contribution < 1.29 is 9.59 Å². The molecule has 2 N–H and O–H groups in total. The van der Waals surface area contributed by atoms with Gasteiger partial charge in [0.25, 0.3) is 0 Å². The van der Waals surface area contributed by atoms with Gasteiger partial charge in [0.1, 0.15) is 0 Å². The first-order valence-corrected chi connectivity index (χ1v) is 5.05. The van der Waals surface area contributed by atoms with Gasteiger partial charge in [-0.25, -0.2) is 0 Å². The highest BCUT2D eigenvalue weighted by atomic mass is 16.1. The van der Waals surface area contributed by atoms with E-state index in [0.717, 1.165) is 23.1 Å². The standard InChI is InChI=1S/C12H13NO2/c1-7(12(13)15)8-2-4-10-9(6-8)3-5-11(10)14/h2,4,6-7H,3,5H2,1H3,(H2,13,15). The van der Waals surface area contributed by atoms with E-state index < -0.39 is 0 Å². The molecule has 2 rings (SSSR count). The van der Waals surface area contributed by atoms with Gasteiger partial charge < -0.3 is 5.73 Å². The number of benzene rings is 1. The minimum Gasteiger partial charge on any atom is -0.369 e. The summed E-state index contributed by atoms with van der Waals surface area (Å²) < 4.78 is 0. The SMILES string of the molecule is CC(C(N)=O)c1ccc2c(c1)CCC2=O. The fourth-order valence-electron chi connectivity index (χ4n) is 1.91. The lowest BCUT2D eigenvalue weighted by molar-refractivity contribution is -0.119. The molecule has 1 atom stereocenters. The van der Waals surface area contributed by atoms with Crippen LogP contribution < -0.4 is 5.73 Å². The zero-order valence-electron chi connectivity index (χ0n) is 8.62. The maximum absolute atomic E-state index is 11.4. The summed E-state index contributed by atoms with van der Waals surface area (Å²) in [5.41, 5.74) is 7.98. The van der Waals surface area contributed by atoms with E-state index in [4.69, 9.17) is 5.73 Å². The number of hydrogen-bond donors (Lipinski definition) is 1. The van der Waals surface area contributed by atoms with Crippen molar-refractivity contribution >= 4 is 11.7 Å². The van der Waals surface area contributed by atoms with E-state index >= 15 is 0 Å². The summed E-state index contributed by atoms with van der Waals surface area (Å²) >= 11 is 0. The molecule has 0 aromatic heterocycles. The Kier molecular flexibility index (Phi) is 2.31. The smallest absolute Gasteiger partial charge is 0.224 e. The number of aryl methyl sites for hydroxylation is 1. The van der Waals surface area contributed by atoms with Gasteiger partial charge in [-0.15, -0.1) is 0 Å². The number of Topliss-reactive ketones (excluding diaryl/α,β-unsaturated/α-hetero) is 1. The molecule has 15 heavy (non-hydrogen) atoms. The molecule has 1 aliphatic carbocycles. The van der Waals surface area contributed by atoms with Gasteiger partial charge in [-0.2, -0.15) is 0 Å².